The molecule has 0 aliphatic rings. The van der Waals surface area contributed by atoms with Crippen molar-refractivity contribution in [2.45, 2.75) is 0 Å². The highest BCUT2D eigenvalue weighted by Crippen LogP contribution is 2.25. The van der Waals surface area contributed by atoms with Gasteiger partial charge in [0.25, 0.3) is 5.56 Å². The third-order valence-electron chi connectivity index (χ3n) is 3.94. The van der Waals surface area contributed by atoms with Crippen LogP contribution in [0, 0.1) is 0 Å². The van der Waals surface area contributed by atoms with E-state index in [2.05, 4.69) is 16.7 Å². The minimum atomic E-state index is -0.263. The number of fused-ring (bicyclic) bond motifs is 1. The fraction of sp³-hybridized carbons (Fsp3) is 0.0500. The molecule has 0 aliphatic carbocycles. The topological polar surface area (TPSA) is 56.5 Å². The number of rotatable bonds is 5. The molecule has 0 amide bonds. The van der Waals surface area contributed by atoms with Crippen LogP contribution in [0.4, 0.5) is 0 Å². The Balaban J connectivity index is 1.71. The van der Waals surface area contributed by atoms with Crippen molar-refractivity contribution >= 4 is 45.6 Å². The van der Waals surface area contributed by atoms with Crippen LogP contribution >= 0.6 is 34.5 Å². The third kappa shape index (κ3) is 3.54. The van der Waals surface area contributed by atoms with Crippen molar-refractivity contribution in [1.82, 2.24) is 14.6 Å². The number of halogens is 2. The molecule has 140 valence electrons. The molecule has 5 nitrogen and oxygen atoms in total. The molecule has 4 rings (SSSR count). The first-order valence-electron chi connectivity index (χ1n) is 8.26. The van der Waals surface area contributed by atoms with Crippen molar-refractivity contribution < 1.29 is 4.74 Å². The Kier molecular flexibility index (Phi) is 5.17. The van der Waals surface area contributed by atoms with E-state index in [0.717, 1.165) is 11.3 Å². The fourth-order valence-electron chi connectivity index (χ4n) is 2.59. The van der Waals surface area contributed by atoms with Crippen LogP contribution in [0.5, 0.6) is 5.75 Å². The number of thiazole rings is 1. The third-order valence-corrected chi connectivity index (χ3v) is 5.56. The van der Waals surface area contributed by atoms with Gasteiger partial charge in [-0.25, -0.2) is 0 Å². The molecule has 0 spiro atoms. The van der Waals surface area contributed by atoms with Crippen LogP contribution in [0.2, 0.25) is 10.0 Å². The first-order chi connectivity index (χ1) is 13.6. The number of ether oxygens (including phenoxy) is 1. The number of nitrogens with zero attached hydrogens (tertiary/aromatic N) is 3. The van der Waals surface area contributed by atoms with Crippen molar-refractivity contribution in [3.05, 3.63) is 85.6 Å². The molecule has 0 fully saturated rings. The van der Waals surface area contributed by atoms with Gasteiger partial charge in [0.1, 0.15) is 12.4 Å². The number of hydrogen-bond donors (Lipinski definition) is 0. The van der Waals surface area contributed by atoms with Gasteiger partial charge in [-0.05, 0) is 42.5 Å². The maximum absolute atomic E-state index is 12.7. The monoisotopic (exact) mass is 429 g/mol. The van der Waals surface area contributed by atoms with E-state index in [1.807, 2.05) is 24.3 Å². The van der Waals surface area contributed by atoms with Crippen LogP contribution in [0.25, 0.3) is 22.4 Å². The zero-order valence-corrected chi connectivity index (χ0v) is 16.8. The van der Waals surface area contributed by atoms with E-state index in [-0.39, 0.29) is 5.56 Å². The maximum atomic E-state index is 12.7. The van der Waals surface area contributed by atoms with Gasteiger partial charge >= 0.3 is 0 Å². The van der Waals surface area contributed by atoms with E-state index in [9.17, 15) is 4.79 Å². The number of benzene rings is 2. The van der Waals surface area contributed by atoms with E-state index in [1.165, 1.54) is 15.9 Å². The van der Waals surface area contributed by atoms with E-state index < -0.39 is 0 Å². The van der Waals surface area contributed by atoms with Crippen molar-refractivity contribution in [2.24, 2.45) is 0 Å². The van der Waals surface area contributed by atoms with Crippen molar-refractivity contribution in [1.29, 1.82) is 0 Å². The summed E-state index contributed by atoms with van der Waals surface area (Å²) in [6.45, 7) is 4.05. The van der Waals surface area contributed by atoms with Gasteiger partial charge in [0.05, 0.1) is 4.53 Å². The van der Waals surface area contributed by atoms with Crippen LogP contribution in [0.15, 0.2) is 59.9 Å². The summed E-state index contributed by atoms with van der Waals surface area (Å²) in [7, 11) is 0. The van der Waals surface area contributed by atoms with Gasteiger partial charge < -0.3 is 4.74 Å². The smallest absolute Gasteiger partial charge is 0.291 e. The summed E-state index contributed by atoms with van der Waals surface area (Å²) in [5, 5.41) is 5.30. The van der Waals surface area contributed by atoms with E-state index in [4.69, 9.17) is 27.9 Å². The molecule has 2 heterocycles. The molecular weight excluding hydrogens is 417 g/mol. The normalized spacial score (nSPS) is 11.9. The molecule has 0 bridgehead atoms. The zero-order valence-electron chi connectivity index (χ0n) is 14.4. The number of hydrogen-bond acceptors (Lipinski definition) is 5. The van der Waals surface area contributed by atoms with Crippen molar-refractivity contribution in [3.63, 3.8) is 0 Å². The second-order valence-electron chi connectivity index (χ2n) is 5.80. The standard InChI is InChI=1S/C20H13Cl2N3O2S/c1-2-10-27-13-8-6-12(7-9-13)18-23-20-25(24-18)19(26)17(28-20)11-14-15(21)4-3-5-16(14)22/h2-9,11H,1,10H2. The van der Waals surface area contributed by atoms with Gasteiger partial charge in [0.15, 0.2) is 5.82 Å². The number of aromatic nitrogens is 3. The maximum Gasteiger partial charge on any atom is 0.291 e. The summed E-state index contributed by atoms with van der Waals surface area (Å²) in [5.74, 6) is 1.20. The molecule has 4 aromatic rings. The van der Waals surface area contributed by atoms with Crippen molar-refractivity contribution in [2.75, 3.05) is 6.61 Å². The van der Waals surface area contributed by atoms with E-state index in [1.54, 1.807) is 30.4 Å². The zero-order chi connectivity index (χ0) is 19.7. The van der Waals surface area contributed by atoms with Gasteiger partial charge in [0, 0.05) is 21.2 Å². The lowest BCUT2D eigenvalue weighted by atomic mass is 10.2. The summed E-state index contributed by atoms with van der Waals surface area (Å²) in [6.07, 6.45) is 3.35. The Labute approximate surface area is 174 Å². The molecule has 0 N–H and O–H groups in total. The van der Waals surface area contributed by atoms with Gasteiger partial charge in [-0.2, -0.15) is 9.50 Å². The molecule has 0 saturated carbocycles. The first-order valence-corrected chi connectivity index (χ1v) is 9.83. The summed E-state index contributed by atoms with van der Waals surface area (Å²) < 4.78 is 7.22. The summed E-state index contributed by atoms with van der Waals surface area (Å²) in [5.41, 5.74) is 1.13. The SMILES string of the molecule is C=CCOc1ccc(-c2nc3sc(=Cc4c(Cl)cccc4Cl)c(=O)n3n2)cc1. The van der Waals surface area contributed by atoms with Crippen LogP contribution in [-0.2, 0) is 0 Å². The highest BCUT2D eigenvalue weighted by Gasteiger charge is 2.13. The van der Waals surface area contributed by atoms with Gasteiger partial charge in [0.2, 0.25) is 4.96 Å². The molecule has 2 aromatic heterocycles. The summed E-state index contributed by atoms with van der Waals surface area (Å²) >= 11 is 13.6. The molecule has 0 unspecified atom stereocenters. The average Bonchev–Trinajstić information content (AvgIpc) is 3.23. The summed E-state index contributed by atoms with van der Waals surface area (Å²) in [6, 6.07) is 12.5. The predicted molar refractivity (Wildman–Crippen MR) is 114 cm³/mol. The largest absolute Gasteiger partial charge is 0.490 e. The second-order valence-corrected chi connectivity index (χ2v) is 7.63. The van der Waals surface area contributed by atoms with E-state index >= 15 is 0 Å². The molecule has 0 atom stereocenters. The molecular formula is C20H13Cl2N3O2S. The molecule has 28 heavy (non-hydrogen) atoms. The minimum Gasteiger partial charge on any atom is -0.490 e. The lowest BCUT2D eigenvalue weighted by Crippen LogP contribution is -2.23. The lowest BCUT2D eigenvalue weighted by molar-refractivity contribution is 0.363. The molecule has 0 saturated heterocycles. The lowest BCUT2D eigenvalue weighted by Gasteiger charge is -2.02. The Bertz CT molecular complexity index is 1260. The van der Waals surface area contributed by atoms with Crippen LogP contribution in [0.1, 0.15) is 5.56 Å². The Morgan fingerprint density at radius 1 is 1.14 bits per heavy atom. The Hall–Kier alpha value is -2.67. The van der Waals surface area contributed by atoms with Gasteiger partial charge in [-0.15, -0.1) is 5.10 Å². The van der Waals surface area contributed by atoms with Crippen LogP contribution in [0.3, 0.4) is 0 Å². The van der Waals surface area contributed by atoms with Crippen LogP contribution < -0.4 is 14.8 Å². The average molecular weight is 430 g/mol. The summed E-state index contributed by atoms with van der Waals surface area (Å²) in [4.78, 5) is 17.7. The van der Waals surface area contributed by atoms with Crippen LogP contribution in [-0.4, -0.2) is 21.2 Å². The Morgan fingerprint density at radius 2 is 1.86 bits per heavy atom. The first kappa shape index (κ1) is 18.7. The predicted octanol–water partition coefficient (Wildman–Crippen LogP) is 4.24. The van der Waals surface area contributed by atoms with Gasteiger partial charge in [-0.1, -0.05) is 53.3 Å². The Morgan fingerprint density at radius 3 is 2.50 bits per heavy atom. The fourth-order valence-corrected chi connectivity index (χ4v) is 3.99. The minimum absolute atomic E-state index is 0.263. The molecule has 0 aliphatic heterocycles. The quantitative estimate of drug-likeness (QED) is 0.445. The van der Waals surface area contributed by atoms with Gasteiger partial charge in [-0.3, -0.25) is 4.79 Å². The molecule has 0 radical (unpaired) electrons. The highest BCUT2D eigenvalue weighted by molar-refractivity contribution is 7.15. The highest BCUT2D eigenvalue weighted by atomic mass is 35.5. The second kappa shape index (κ2) is 7.75. The van der Waals surface area contributed by atoms with Crippen molar-refractivity contribution in [3.8, 4) is 17.1 Å². The molecule has 8 heteroatoms. The van der Waals surface area contributed by atoms with E-state index in [0.29, 0.717) is 37.5 Å². The molecule has 2 aromatic carbocycles.